The lowest BCUT2D eigenvalue weighted by Gasteiger charge is -2.06. The quantitative estimate of drug-likeness (QED) is 0.391. The van der Waals surface area contributed by atoms with Crippen molar-refractivity contribution in [3.63, 3.8) is 0 Å². The Morgan fingerprint density at radius 1 is 1.23 bits per heavy atom. The third-order valence-electron chi connectivity index (χ3n) is 4.69. The molecule has 0 bridgehead atoms. The highest BCUT2D eigenvalue weighted by molar-refractivity contribution is 7.89. The molecule has 3 aromatic rings. The van der Waals surface area contributed by atoms with Crippen molar-refractivity contribution in [1.29, 1.82) is 0 Å². The molecule has 4 N–H and O–H groups in total. The molecule has 1 heterocycles. The molecule has 10 heteroatoms. The predicted molar refractivity (Wildman–Crippen MR) is 122 cm³/mol. The summed E-state index contributed by atoms with van der Waals surface area (Å²) in [6.45, 7) is 6.71. The van der Waals surface area contributed by atoms with E-state index in [2.05, 4.69) is 29.4 Å². The lowest BCUT2D eigenvalue weighted by Crippen LogP contribution is -2.12. The largest absolute Gasteiger partial charge is 0.493 e. The van der Waals surface area contributed by atoms with Crippen LogP contribution in [0.1, 0.15) is 32.3 Å². The fraction of sp³-hybridized carbons (Fsp3) is 0.250. The van der Waals surface area contributed by atoms with Crippen LogP contribution in [0.3, 0.4) is 0 Å². The number of primary sulfonamides is 1. The van der Waals surface area contributed by atoms with Gasteiger partial charge in [-0.3, -0.25) is 0 Å². The fourth-order valence-corrected chi connectivity index (χ4v) is 3.76. The second kappa shape index (κ2) is 8.50. The molecular weight excluding hydrogens is 422 g/mol. The first kappa shape index (κ1) is 21.9. The van der Waals surface area contributed by atoms with Crippen LogP contribution in [0.25, 0.3) is 10.9 Å². The number of nitrogens with two attached hydrogens (primary N) is 1. The van der Waals surface area contributed by atoms with Crippen molar-refractivity contribution < 1.29 is 13.5 Å². The SMILES string of the molecule is CCn1c(O)c(N=NC(=S)Nc2ccc(S(N)(=O)=O)cc2)c2cc(C(C)C)ccc21. The molecule has 2 aromatic carbocycles. The molecular formula is C20H23N5O3S2. The third kappa shape index (κ3) is 4.50. The summed E-state index contributed by atoms with van der Waals surface area (Å²) >= 11 is 5.21. The van der Waals surface area contributed by atoms with E-state index in [1.54, 1.807) is 4.57 Å². The molecule has 1 aromatic heterocycles. The number of aromatic hydroxyl groups is 1. The maximum absolute atomic E-state index is 11.3. The molecule has 0 atom stereocenters. The standard InChI is InChI=1S/C20H23N5O3S2/c1-4-25-17-10-5-13(12(2)3)11-16(17)18(19(25)26)23-24-20(29)22-14-6-8-15(9-7-14)30(21,27)28/h5-12,26H,4H2,1-3H3,(H,22,29)(H2,21,27,28). The lowest BCUT2D eigenvalue weighted by atomic mass is 10.0. The highest BCUT2D eigenvalue weighted by atomic mass is 32.2. The summed E-state index contributed by atoms with van der Waals surface area (Å²) < 4.78 is 24.4. The zero-order valence-electron chi connectivity index (χ0n) is 16.8. The van der Waals surface area contributed by atoms with Gasteiger partial charge in [-0.15, -0.1) is 10.2 Å². The number of thiocarbonyl (C=S) groups is 1. The van der Waals surface area contributed by atoms with Crippen molar-refractivity contribution >= 4 is 49.6 Å². The van der Waals surface area contributed by atoms with Crippen LogP contribution in [-0.4, -0.2) is 23.2 Å². The van der Waals surface area contributed by atoms with Crippen molar-refractivity contribution in [2.45, 2.75) is 38.1 Å². The van der Waals surface area contributed by atoms with Crippen LogP contribution in [0, 0.1) is 0 Å². The van der Waals surface area contributed by atoms with Gasteiger partial charge in [-0.25, -0.2) is 13.6 Å². The minimum absolute atomic E-state index is 0.00107. The maximum Gasteiger partial charge on any atom is 0.238 e. The number of hydrogen-bond donors (Lipinski definition) is 3. The Kier molecular flexibility index (Phi) is 6.20. The van der Waals surface area contributed by atoms with E-state index in [9.17, 15) is 13.5 Å². The molecule has 0 aliphatic heterocycles. The van der Waals surface area contributed by atoms with Crippen LogP contribution < -0.4 is 10.5 Å². The summed E-state index contributed by atoms with van der Waals surface area (Å²) in [5, 5.41) is 27.6. The van der Waals surface area contributed by atoms with Gasteiger partial charge in [-0.2, -0.15) is 0 Å². The van der Waals surface area contributed by atoms with Crippen LogP contribution in [-0.2, 0) is 16.6 Å². The zero-order chi connectivity index (χ0) is 22.1. The van der Waals surface area contributed by atoms with Crippen LogP contribution >= 0.6 is 12.2 Å². The summed E-state index contributed by atoms with van der Waals surface area (Å²) in [5.74, 6) is 0.354. The average molecular weight is 446 g/mol. The van der Waals surface area contributed by atoms with Gasteiger partial charge in [-0.1, -0.05) is 19.9 Å². The van der Waals surface area contributed by atoms with Gasteiger partial charge in [0.15, 0.2) is 5.69 Å². The number of sulfonamides is 1. The van der Waals surface area contributed by atoms with Crippen LogP contribution in [0.5, 0.6) is 5.88 Å². The number of aryl methyl sites for hydroxylation is 1. The van der Waals surface area contributed by atoms with E-state index in [0.29, 0.717) is 23.8 Å². The molecule has 3 rings (SSSR count). The van der Waals surface area contributed by atoms with Crippen LogP contribution in [0.4, 0.5) is 11.4 Å². The van der Waals surface area contributed by atoms with Gasteiger partial charge < -0.3 is 15.0 Å². The Balaban J connectivity index is 1.88. The number of fused-ring (bicyclic) bond motifs is 1. The van der Waals surface area contributed by atoms with Gasteiger partial charge in [0.05, 0.1) is 10.4 Å². The van der Waals surface area contributed by atoms with Crippen molar-refractivity contribution in [3.05, 3.63) is 48.0 Å². The van der Waals surface area contributed by atoms with Crippen LogP contribution in [0.15, 0.2) is 57.6 Å². The van der Waals surface area contributed by atoms with Gasteiger partial charge >= 0.3 is 0 Å². The molecule has 0 saturated carbocycles. The second-order valence-electron chi connectivity index (χ2n) is 7.05. The number of anilines is 1. The molecule has 0 radical (unpaired) electrons. The summed E-state index contributed by atoms with van der Waals surface area (Å²) in [5.41, 5.74) is 2.88. The Morgan fingerprint density at radius 2 is 1.90 bits per heavy atom. The molecule has 0 saturated heterocycles. The van der Waals surface area contributed by atoms with E-state index in [1.165, 1.54) is 24.3 Å². The van der Waals surface area contributed by atoms with Crippen molar-refractivity contribution in [2.24, 2.45) is 15.4 Å². The molecule has 0 unspecified atom stereocenters. The Labute approximate surface area is 180 Å². The van der Waals surface area contributed by atoms with E-state index in [1.807, 2.05) is 25.1 Å². The maximum atomic E-state index is 11.3. The second-order valence-corrected chi connectivity index (χ2v) is 9.00. The lowest BCUT2D eigenvalue weighted by molar-refractivity contribution is 0.427. The molecule has 158 valence electrons. The summed E-state index contributed by atoms with van der Waals surface area (Å²) in [6.07, 6.45) is 0. The first-order valence-corrected chi connectivity index (χ1v) is 11.3. The topological polar surface area (TPSA) is 122 Å². The highest BCUT2D eigenvalue weighted by Gasteiger charge is 2.17. The monoisotopic (exact) mass is 445 g/mol. The number of aromatic nitrogens is 1. The van der Waals surface area contributed by atoms with E-state index >= 15 is 0 Å². The molecule has 0 amide bonds. The molecule has 0 spiro atoms. The predicted octanol–water partition coefficient (Wildman–Crippen LogP) is 4.62. The van der Waals surface area contributed by atoms with Gasteiger partial charge in [-0.05, 0) is 67.0 Å². The number of hydrogen-bond acceptors (Lipinski definition) is 5. The number of rotatable bonds is 5. The summed E-state index contributed by atoms with van der Waals surface area (Å²) in [7, 11) is -3.76. The molecule has 0 aliphatic carbocycles. The first-order valence-electron chi connectivity index (χ1n) is 9.32. The van der Waals surface area contributed by atoms with Gasteiger partial charge in [0, 0.05) is 17.6 Å². The first-order chi connectivity index (χ1) is 14.1. The van der Waals surface area contributed by atoms with Crippen molar-refractivity contribution in [1.82, 2.24) is 4.57 Å². The molecule has 8 nitrogen and oxygen atoms in total. The van der Waals surface area contributed by atoms with Crippen molar-refractivity contribution in [2.75, 3.05) is 5.32 Å². The van der Waals surface area contributed by atoms with Gasteiger partial charge in [0.1, 0.15) is 0 Å². The van der Waals surface area contributed by atoms with E-state index in [-0.39, 0.29) is 15.9 Å². The molecule has 30 heavy (non-hydrogen) atoms. The van der Waals surface area contributed by atoms with Gasteiger partial charge in [0.25, 0.3) is 0 Å². The summed E-state index contributed by atoms with van der Waals surface area (Å²) in [4.78, 5) is -0.00107. The molecule has 0 aliphatic rings. The third-order valence-corrected chi connectivity index (χ3v) is 5.80. The minimum Gasteiger partial charge on any atom is -0.493 e. The van der Waals surface area contributed by atoms with E-state index in [0.717, 1.165) is 16.5 Å². The molecule has 0 fully saturated rings. The smallest absolute Gasteiger partial charge is 0.238 e. The van der Waals surface area contributed by atoms with Crippen molar-refractivity contribution in [3.8, 4) is 5.88 Å². The number of benzene rings is 2. The Hall–Kier alpha value is -2.82. The Morgan fingerprint density at radius 3 is 2.47 bits per heavy atom. The average Bonchev–Trinajstić information content (AvgIpc) is 2.95. The number of nitrogens with zero attached hydrogens (tertiary/aromatic N) is 3. The van der Waals surface area contributed by atoms with Gasteiger partial charge in [0.2, 0.25) is 21.0 Å². The van der Waals surface area contributed by atoms with E-state index in [4.69, 9.17) is 17.4 Å². The fourth-order valence-electron chi connectivity index (χ4n) is 3.09. The number of nitrogens with one attached hydrogen (secondary N) is 1. The van der Waals surface area contributed by atoms with Crippen LogP contribution in [0.2, 0.25) is 0 Å². The zero-order valence-corrected chi connectivity index (χ0v) is 18.5. The Bertz CT molecular complexity index is 1230. The minimum atomic E-state index is -3.76. The number of azo groups is 1. The van der Waals surface area contributed by atoms with E-state index < -0.39 is 10.0 Å². The highest BCUT2D eigenvalue weighted by Crippen LogP contribution is 2.40. The summed E-state index contributed by atoms with van der Waals surface area (Å²) in [6, 6.07) is 11.8. The normalized spacial score (nSPS) is 12.2.